The Kier molecular flexibility index (Phi) is 4.79. The maximum absolute atomic E-state index is 12.0. The Labute approximate surface area is 127 Å². The standard InChI is InChI=1S/C19H23NO/c1-13-9-14(2)11-18(10-13)20-19(21)8-7-17-6-5-15(3)16(4)12-17/h5-6,9-12H,7-8H2,1-4H3,(H,20,21). The molecule has 1 N–H and O–H groups in total. The molecule has 0 spiro atoms. The van der Waals surface area contributed by atoms with Crippen LogP contribution in [0.2, 0.25) is 0 Å². The van der Waals surface area contributed by atoms with Gasteiger partial charge in [-0.1, -0.05) is 24.3 Å². The van der Waals surface area contributed by atoms with Crippen molar-refractivity contribution in [3.05, 3.63) is 64.2 Å². The molecular formula is C19H23NO. The lowest BCUT2D eigenvalue weighted by Crippen LogP contribution is -2.12. The van der Waals surface area contributed by atoms with Crippen molar-refractivity contribution >= 4 is 11.6 Å². The van der Waals surface area contributed by atoms with Crippen LogP contribution in [0.3, 0.4) is 0 Å². The number of nitrogens with one attached hydrogen (secondary N) is 1. The molecular weight excluding hydrogens is 258 g/mol. The largest absolute Gasteiger partial charge is 0.326 e. The Morgan fingerprint density at radius 3 is 2.19 bits per heavy atom. The van der Waals surface area contributed by atoms with Crippen molar-refractivity contribution in [3.8, 4) is 0 Å². The minimum Gasteiger partial charge on any atom is -0.326 e. The van der Waals surface area contributed by atoms with E-state index < -0.39 is 0 Å². The van der Waals surface area contributed by atoms with Crippen molar-refractivity contribution in [2.75, 3.05) is 5.32 Å². The van der Waals surface area contributed by atoms with Crippen LogP contribution in [-0.2, 0) is 11.2 Å². The number of aryl methyl sites for hydroxylation is 5. The topological polar surface area (TPSA) is 29.1 Å². The predicted molar refractivity (Wildman–Crippen MR) is 88.8 cm³/mol. The second-order valence-electron chi connectivity index (χ2n) is 5.84. The Morgan fingerprint density at radius 1 is 0.905 bits per heavy atom. The van der Waals surface area contributed by atoms with Gasteiger partial charge in [-0.05, 0) is 74.1 Å². The van der Waals surface area contributed by atoms with Crippen LogP contribution in [0, 0.1) is 27.7 Å². The van der Waals surface area contributed by atoms with Crippen molar-refractivity contribution in [2.24, 2.45) is 0 Å². The van der Waals surface area contributed by atoms with Crippen molar-refractivity contribution in [1.82, 2.24) is 0 Å². The fraction of sp³-hybridized carbons (Fsp3) is 0.316. The van der Waals surface area contributed by atoms with Gasteiger partial charge >= 0.3 is 0 Å². The Balaban J connectivity index is 1.94. The number of hydrogen-bond acceptors (Lipinski definition) is 1. The van der Waals surface area contributed by atoms with Gasteiger partial charge in [-0.15, -0.1) is 0 Å². The molecule has 2 rings (SSSR count). The summed E-state index contributed by atoms with van der Waals surface area (Å²) in [7, 11) is 0. The molecule has 110 valence electrons. The predicted octanol–water partition coefficient (Wildman–Crippen LogP) is 4.49. The SMILES string of the molecule is Cc1cc(C)cc(NC(=O)CCc2ccc(C)c(C)c2)c1. The average molecular weight is 281 g/mol. The third-order valence-electron chi connectivity index (χ3n) is 3.72. The molecule has 0 aliphatic rings. The first-order chi connectivity index (χ1) is 9.94. The molecule has 2 nitrogen and oxygen atoms in total. The molecule has 0 heterocycles. The summed E-state index contributed by atoms with van der Waals surface area (Å²) >= 11 is 0. The highest BCUT2D eigenvalue weighted by Gasteiger charge is 2.05. The number of amides is 1. The van der Waals surface area contributed by atoms with E-state index in [4.69, 9.17) is 0 Å². The molecule has 0 aliphatic heterocycles. The lowest BCUT2D eigenvalue weighted by atomic mass is 10.0. The maximum Gasteiger partial charge on any atom is 0.224 e. The zero-order chi connectivity index (χ0) is 15.4. The van der Waals surface area contributed by atoms with Crippen LogP contribution in [0.4, 0.5) is 5.69 Å². The van der Waals surface area contributed by atoms with E-state index in [-0.39, 0.29) is 5.91 Å². The highest BCUT2D eigenvalue weighted by atomic mass is 16.1. The minimum absolute atomic E-state index is 0.0678. The van der Waals surface area contributed by atoms with Crippen molar-refractivity contribution in [3.63, 3.8) is 0 Å². The number of anilines is 1. The van der Waals surface area contributed by atoms with E-state index >= 15 is 0 Å². The molecule has 0 saturated heterocycles. The van der Waals surface area contributed by atoms with E-state index in [1.54, 1.807) is 0 Å². The number of benzene rings is 2. The molecule has 2 heteroatoms. The number of rotatable bonds is 4. The van der Waals surface area contributed by atoms with Gasteiger partial charge in [0.15, 0.2) is 0 Å². The van der Waals surface area contributed by atoms with Gasteiger partial charge in [-0.25, -0.2) is 0 Å². The minimum atomic E-state index is 0.0678. The van der Waals surface area contributed by atoms with Crippen molar-refractivity contribution < 1.29 is 4.79 Å². The molecule has 2 aromatic carbocycles. The monoisotopic (exact) mass is 281 g/mol. The quantitative estimate of drug-likeness (QED) is 0.879. The van der Waals surface area contributed by atoms with E-state index in [2.05, 4.69) is 43.4 Å². The normalized spacial score (nSPS) is 10.5. The molecule has 1 amide bonds. The zero-order valence-corrected chi connectivity index (χ0v) is 13.3. The molecule has 0 fully saturated rings. The van der Waals surface area contributed by atoms with Gasteiger partial charge in [0, 0.05) is 12.1 Å². The third-order valence-corrected chi connectivity index (χ3v) is 3.72. The lowest BCUT2D eigenvalue weighted by Gasteiger charge is -2.08. The van der Waals surface area contributed by atoms with Crippen LogP contribution < -0.4 is 5.32 Å². The number of hydrogen-bond donors (Lipinski definition) is 1. The number of carbonyl (C=O) groups is 1. The molecule has 2 aromatic rings. The summed E-state index contributed by atoms with van der Waals surface area (Å²) in [5.74, 6) is 0.0678. The summed E-state index contributed by atoms with van der Waals surface area (Å²) < 4.78 is 0. The highest BCUT2D eigenvalue weighted by molar-refractivity contribution is 5.91. The van der Waals surface area contributed by atoms with Crippen LogP contribution in [0.15, 0.2) is 36.4 Å². The third kappa shape index (κ3) is 4.45. The van der Waals surface area contributed by atoms with Crippen LogP contribution in [0.1, 0.15) is 34.2 Å². The van der Waals surface area contributed by atoms with E-state index in [1.807, 2.05) is 26.0 Å². The van der Waals surface area contributed by atoms with E-state index in [0.29, 0.717) is 6.42 Å². The first-order valence-corrected chi connectivity index (χ1v) is 7.38. The summed E-state index contributed by atoms with van der Waals surface area (Å²) in [5.41, 5.74) is 7.01. The summed E-state index contributed by atoms with van der Waals surface area (Å²) in [6, 6.07) is 12.5. The molecule has 0 atom stereocenters. The molecule has 21 heavy (non-hydrogen) atoms. The summed E-state index contributed by atoms with van der Waals surface area (Å²) in [5, 5.41) is 2.98. The van der Waals surface area contributed by atoms with Gasteiger partial charge in [-0.2, -0.15) is 0 Å². The highest BCUT2D eigenvalue weighted by Crippen LogP contribution is 2.15. The molecule has 0 unspecified atom stereocenters. The van der Waals surface area contributed by atoms with Crippen LogP contribution >= 0.6 is 0 Å². The van der Waals surface area contributed by atoms with Crippen LogP contribution in [0.5, 0.6) is 0 Å². The fourth-order valence-electron chi connectivity index (χ4n) is 2.49. The van der Waals surface area contributed by atoms with Crippen molar-refractivity contribution in [1.29, 1.82) is 0 Å². The Hall–Kier alpha value is -2.09. The molecule has 0 saturated carbocycles. The van der Waals surface area contributed by atoms with Crippen molar-refractivity contribution in [2.45, 2.75) is 40.5 Å². The van der Waals surface area contributed by atoms with Gasteiger partial charge in [-0.3, -0.25) is 4.79 Å². The smallest absolute Gasteiger partial charge is 0.224 e. The fourth-order valence-corrected chi connectivity index (χ4v) is 2.49. The summed E-state index contributed by atoms with van der Waals surface area (Å²) in [6.07, 6.45) is 1.28. The van der Waals surface area contributed by atoms with Gasteiger partial charge in [0.25, 0.3) is 0 Å². The van der Waals surface area contributed by atoms with Gasteiger partial charge in [0.05, 0.1) is 0 Å². The Morgan fingerprint density at radius 2 is 1.57 bits per heavy atom. The maximum atomic E-state index is 12.0. The van der Waals surface area contributed by atoms with Gasteiger partial charge in [0.1, 0.15) is 0 Å². The second-order valence-corrected chi connectivity index (χ2v) is 5.84. The number of carbonyl (C=O) groups excluding carboxylic acids is 1. The Bertz CT molecular complexity index is 638. The summed E-state index contributed by atoms with van der Waals surface area (Å²) in [4.78, 5) is 12.0. The van der Waals surface area contributed by atoms with E-state index in [9.17, 15) is 4.79 Å². The van der Waals surface area contributed by atoms with Gasteiger partial charge < -0.3 is 5.32 Å². The lowest BCUT2D eigenvalue weighted by molar-refractivity contribution is -0.116. The average Bonchev–Trinajstić information content (AvgIpc) is 2.39. The van der Waals surface area contributed by atoms with Crippen LogP contribution in [-0.4, -0.2) is 5.91 Å². The zero-order valence-electron chi connectivity index (χ0n) is 13.3. The second kappa shape index (κ2) is 6.57. The van der Waals surface area contributed by atoms with Gasteiger partial charge in [0.2, 0.25) is 5.91 Å². The molecule has 0 bridgehead atoms. The first kappa shape index (κ1) is 15.3. The first-order valence-electron chi connectivity index (χ1n) is 7.38. The molecule has 0 aliphatic carbocycles. The summed E-state index contributed by atoms with van der Waals surface area (Å²) in [6.45, 7) is 8.29. The molecule has 0 aromatic heterocycles. The van der Waals surface area contributed by atoms with E-state index in [1.165, 1.54) is 27.8 Å². The van der Waals surface area contributed by atoms with Crippen LogP contribution in [0.25, 0.3) is 0 Å². The van der Waals surface area contributed by atoms with E-state index in [0.717, 1.165) is 12.1 Å². The molecule has 0 radical (unpaired) electrons.